The van der Waals surface area contributed by atoms with Crippen molar-refractivity contribution in [2.45, 2.75) is 38.8 Å². The predicted octanol–water partition coefficient (Wildman–Crippen LogP) is 1.97. The number of aryl methyl sites for hydroxylation is 1. The standard InChI is InChI=1S/C16H22N2O3.ClH/c1-12-5-7-13(8-6-12)10-17-15(19)11-18-9-3-2-4-14(18)16(20)21;/h5-8,14H,2-4,9-11H2,1H3,(H,17,19)(H,20,21);1H. The van der Waals surface area contributed by atoms with Crippen molar-refractivity contribution in [3.8, 4) is 0 Å². The number of aliphatic carboxylic acids is 1. The molecule has 5 nitrogen and oxygen atoms in total. The number of hydrogen-bond acceptors (Lipinski definition) is 3. The molecule has 1 heterocycles. The number of nitrogens with one attached hydrogen (secondary N) is 1. The Hall–Kier alpha value is -1.59. The SMILES string of the molecule is Cc1ccc(CNC(=O)CN2CCCCC2C(=O)O)cc1.Cl. The third-order valence-corrected chi connectivity index (χ3v) is 3.86. The van der Waals surface area contributed by atoms with Crippen LogP contribution in [0.4, 0.5) is 0 Å². The lowest BCUT2D eigenvalue weighted by Gasteiger charge is -2.32. The molecule has 1 amide bonds. The summed E-state index contributed by atoms with van der Waals surface area (Å²) in [4.78, 5) is 24.9. The van der Waals surface area contributed by atoms with E-state index in [-0.39, 0.29) is 24.9 Å². The van der Waals surface area contributed by atoms with E-state index in [2.05, 4.69) is 5.32 Å². The number of carboxylic acids is 1. The zero-order valence-corrected chi connectivity index (χ0v) is 13.6. The van der Waals surface area contributed by atoms with Gasteiger partial charge in [0.15, 0.2) is 0 Å². The Kier molecular flexibility index (Phi) is 7.35. The topological polar surface area (TPSA) is 69.6 Å². The van der Waals surface area contributed by atoms with E-state index < -0.39 is 12.0 Å². The molecule has 1 aliphatic heterocycles. The van der Waals surface area contributed by atoms with E-state index in [4.69, 9.17) is 0 Å². The van der Waals surface area contributed by atoms with Gasteiger partial charge in [0.05, 0.1) is 6.54 Å². The molecule has 1 saturated heterocycles. The summed E-state index contributed by atoms with van der Waals surface area (Å²) < 4.78 is 0. The Labute approximate surface area is 137 Å². The second kappa shape index (κ2) is 8.76. The molecule has 1 atom stereocenters. The van der Waals surface area contributed by atoms with E-state index in [0.29, 0.717) is 19.5 Å². The molecule has 122 valence electrons. The van der Waals surface area contributed by atoms with Gasteiger partial charge in [-0.15, -0.1) is 12.4 Å². The zero-order chi connectivity index (χ0) is 15.2. The highest BCUT2D eigenvalue weighted by Gasteiger charge is 2.29. The highest BCUT2D eigenvalue weighted by atomic mass is 35.5. The Balaban J connectivity index is 0.00000242. The summed E-state index contributed by atoms with van der Waals surface area (Å²) in [6.07, 6.45) is 2.49. The molecular weight excluding hydrogens is 304 g/mol. The lowest BCUT2D eigenvalue weighted by Crippen LogP contribution is -2.48. The first-order chi connectivity index (χ1) is 10.1. The molecule has 0 aromatic heterocycles. The summed E-state index contributed by atoms with van der Waals surface area (Å²) in [6.45, 7) is 3.33. The Morgan fingerprint density at radius 1 is 1.27 bits per heavy atom. The maximum Gasteiger partial charge on any atom is 0.320 e. The van der Waals surface area contributed by atoms with Gasteiger partial charge in [-0.25, -0.2) is 0 Å². The van der Waals surface area contributed by atoms with Gasteiger partial charge in [-0.2, -0.15) is 0 Å². The molecule has 0 bridgehead atoms. The number of carbonyl (C=O) groups is 2. The lowest BCUT2D eigenvalue weighted by atomic mass is 10.0. The number of amides is 1. The van der Waals surface area contributed by atoms with Crippen molar-refractivity contribution < 1.29 is 14.7 Å². The smallest absolute Gasteiger partial charge is 0.320 e. The van der Waals surface area contributed by atoms with Gasteiger partial charge in [0, 0.05) is 6.54 Å². The first-order valence-electron chi connectivity index (χ1n) is 7.35. The molecule has 1 aliphatic rings. The molecule has 22 heavy (non-hydrogen) atoms. The summed E-state index contributed by atoms with van der Waals surface area (Å²) in [5.74, 6) is -0.954. The third kappa shape index (κ3) is 5.31. The van der Waals surface area contributed by atoms with Crippen molar-refractivity contribution in [2.75, 3.05) is 13.1 Å². The second-order valence-corrected chi connectivity index (χ2v) is 5.58. The van der Waals surface area contributed by atoms with Gasteiger partial charge in [0.25, 0.3) is 0 Å². The fourth-order valence-electron chi connectivity index (χ4n) is 2.61. The van der Waals surface area contributed by atoms with Crippen LogP contribution in [0.25, 0.3) is 0 Å². The Morgan fingerprint density at radius 2 is 1.95 bits per heavy atom. The van der Waals surface area contributed by atoms with Crippen LogP contribution in [-0.2, 0) is 16.1 Å². The molecular formula is C16H23ClN2O3. The highest BCUT2D eigenvalue weighted by molar-refractivity contribution is 5.85. The van der Waals surface area contributed by atoms with Gasteiger partial charge in [-0.05, 0) is 31.9 Å². The van der Waals surface area contributed by atoms with Gasteiger partial charge in [0.2, 0.25) is 5.91 Å². The van der Waals surface area contributed by atoms with Crippen LogP contribution in [0.1, 0.15) is 30.4 Å². The van der Waals surface area contributed by atoms with Gasteiger partial charge in [-0.1, -0.05) is 36.2 Å². The summed E-state index contributed by atoms with van der Waals surface area (Å²) in [6, 6.07) is 7.45. The minimum atomic E-state index is -0.832. The van der Waals surface area contributed by atoms with Crippen molar-refractivity contribution in [3.63, 3.8) is 0 Å². The quantitative estimate of drug-likeness (QED) is 0.868. The molecule has 0 aliphatic carbocycles. The number of benzene rings is 1. The van der Waals surface area contributed by atoms with Crippen LogP contribution < -0.4 is 5.32 Å². The zero-order valence-electron chi connectivity index (χ0n) is 12.7. The lowest BCUT2D eigenvalue weighted by molar-refractivity contribution is -0.145. The van der Waals surface area contributed by atoms with Gasteiger partial charge in [0.1, 0.15) is 6.04 Å². The van der Waals surface area contributed by atoms with E-state index >= 15 is 0 Å². The Morgan fingerprint density at radius 3 is 2.59 bits per heavy atom. The van der Waals surface area contributed by atoms with Crippen LogP contribution in [0.2, 0.25) is 0 Å². The van der Waals surface area contributed by atoms with Crippen molar-refractivity contribution in [1.29, 1.82) is 0 Å². The largest absolute Gasteiger partial charge is 0.480 e. The number of carbonyl (C=O) groups excluding carboxylic acids is 1. The fraction of sp³-hybridized carbons (Fsp3) is 0.500. The molecule has 2 N–H and O–H groups in total. The molecule has 1 fully saturated rings. The highest BCUT2D eigenvalue weighted by Crippen LogP contribution is 2.16. The molecule has 1 unspecified atom stereocenters. The molecule has 0 radical (unpaired) electrons. The van der Waals surface area contributed by atoms with Gasteiger partial charge < -0.3 is 10.4 Å². The minimum absolute atomic E-state index is 0. The summed E-state index contributed by atoms with van der Waals surface area (Å²) in [5.41, 5.74) is 2.23. The minimum Gasteiger partial charge on any atom is -0.480 e. The average Bonchev–Trinajstić information content (AvgIpc) is 2.47. The molecule has 2 rings (SSSR count). The van der Waals surface area contributed by atoms with Crippen molar-refractivity contribution in [3.05, 3.63) is 35.4 Å². The monoisotopic (exact) mass is 326 g/mol. The first kappa shape index (κ1) is 18.5. The van der Waals surface area contributed by atoms with Crippen molar-refractivity contribution in [1.82, 2.24) is 10.2 Å². The normalized spacial score (nSPS) is 18.3. The third-order valence-electron chi connectivity index (χ3n) is 3.86. The van der Waals surface area contributed by atoms with Crippen LogP contribution in [-0.4, -0.2) is 41.0 Å². The van der Waals surface area contributed by atoms with Crippen LogP contribution in [0.15, 0.2) is 24.3 Å². The first-order valence-corrected chi connectivity index (χ1v) is 7.35. The molecule has 1 aromatic carbocycles. The second-order valence-electron chi connectivity index (χ2n) is 5.58. The predicted molar refractivity (Wildman–Crippen MR) is 87.1 cm³/mol. The Bertz CT molecular complexity index is 505. The van der Waals surface area contributed by atoms with E-state index in [1.165, 1.54) is 5.56 Å². The van der Waals surface area contributed by atoms with Crippen molar-refractivity contribution >= 4 is 24.3 Å². The van der Waals surface area contributed by atoms with Crippen LogP contribution in [0.3, 0.4) is 0 Å². The van der Waals surface area contributed by atoms with Crippen molar-refractivity contribution in [2.24, 2.45) is 0 Å². The summed E-state index contributed by atoms with van der Waals surface area (Å²) >= 11 is 0. The number of likely N-dealkylation sites (tertiary alicyclic amines) is 1. The average molecular weight is 327 g/mol. The number of nitrogens with zero attached hydrogens (tertiary/aromatic N) is 1. The number of carboxylic acid groups (broad SMARTS) is 1. The van der Waals surface area contributed by atoms with Gasteiger partial charge in [-0.3, -0.25) is 14.5 Å². The summed E-state index contributed by atoms with van der Waals surface area (Å²) in [7, 11) is 0. The van der Waals surface area contributed by atoms with E-state index in [1.807, 2.05) is 31.2 Å². The van der Waals surface area contributed by atoms with Crippen LogP contribution in [0, 0.1) is 6.92 Å². The maximum absolute atomic E-state index is 12.0. The van der Waals surface area contributed by atoms with E-state index in [1.54, 1.807) is 4.90 Å². The van der Waals surface area contributed by atoms with Crippen LogP contribution >= 0.6 is 12.4 Å². The van der Waals surface area contributed by atoms with Crippen LogP contribution in [0.5, 0.6) is 0 Å². The molecule has 6 heteroatoms. The maximum atomic E-state index is 12.0. The number of rotatable bonds is 5. The fourth-order valence-corrected chi connectivity index (χ4v) is 2.61. The molecule has 1 aromatic rings. The molecule has 0 spiro atoms. The number of halogens is 1. The van der Waals surface area contributed by atoms with E-state index in [0.717, 1.165) is 18.4 Å². The van der Waals surface area contributed by atoms with E-state index in [9.17, 15) is 14.7 Å². The number of piperidine rings is 1. The molecule has 0 saturated carbocycles. The number of hydrogen-bond donors (Lipinski definition) is 2. The summed E-state index contributed by atoms with van der Waals surface area (Å²) in [5, 5.41) is 12.0. The van der Waals surface area contributed by atoms with Gasteiger partial charge >= 0.3 is 5.97 Å².